The zero-order valence-electron chi connectivity index (χ0n) is 14.5. The van der Waals surface area contributed by atoms with Crippen molar-refractivity contribution in [3.05, 3.63) is 66.4 Å². The van der Waals surface area contributed by atoms with Crippen molar-refractivity contribution in [3.63, 3.8) is 0 Å². The zero-order valence-corrected chi connectivity index (χ0v) is 14.5. The van der Waals surface area contributed by atoms with Crippen molar-refractivity contribution < 1.29 is 9.53 Å². The SMILES string of the molecule is O=C(Cc1ccccc1)N1CCC(Oc2nncc3ccccc23)CC1. The number of ether oxygens (including phenoxy) is 1. The van der Waals surface area contributed by atoms with Crippen LogP contribution in [0.5, 0.6) is 5.88 Å². The van der Waals surface area contributed by atoms with E-state index in [-0.39, 0.29) is 12.0 Å². The van der Waals surface area contributed by atoms with Crippen LogP contribution >= 0.6 is 0 Å². The molecule has 1 amide bonds. The fraction of sp³-hybridized carbons (Fsp3) is 0.286. The number of piperidine rings is 1. The van der Waals surface area contributed by atoms with E-state index >= 15 is 0 Å². The summed E-state index contributed by atoms with van der Waals surface area (Å²) in [5, 5.41) is 10.2. The summed E-state index contributed by atoms with van der Waals surface area (Å²) >= 11 is 0. The Morgan fingerprint density at radius 1 is 1.04 bits per heavy atom. The molecule has 4 rings (SSSR count). The highest BCUT2D eigenvalue weighted by molar-refractivity contribution is 5.85. The van der Waals surface area contributed by atoms with Crippen molar-refractivity contribution in [2.45, 2.75) is 25.4 Å². The van der Waals surface area contributed by atoms with Gasteiger partial charge in [-0.25, -0.2) is 0 Å². The zero-order chi connectivity index (χ0) is 17.8. The molecule has 1 fully saturated rings. The van der Waals surface area contributed by atoms with Crippen LogP contribution in [-0.4, -0.2) is 40.2 Å². The molecule has 0 radical (unpaired) electrons. The molecule has 1 saturated heterocycles. The summed E-state index contributed by atoms with van der Waals surface area (Å²) in [6.07, 6.45) is 3.89. The van der Waals surface area contributed by atoms with Gasteiger partial charge in [-0.15, -0.1) is 5.10 Å². The van der Waals surface area contributed by atoms with E-state index in [1.807, 2.05) is 59.5 Å². The van der Waals surface area contributed by atoms with E-state index in [0.29, 0.717) is 25.4 Å². The number of aromatic nitrogens is 2. The van der Waals surface area contributed by atoms with E-state index < -0.39 is 0 Å². The molecule has 2 heterocycles. The molecule has 2 aromatic carbocycles. The number of amides is 1. The summed E-state index contributed by atoms with van der Waals surface area (Å²) in [4.78, 5) is 14.4. The molecule has 0 aliphatic carbocycles. The summed E-state index contributed by atoms with van der Waals surface area (Å²) in [7, 11) is 0. The molecule has 1 aliphatic rings. The Kier molecular flexibility index (Phi) is 4.78. The van der Waals surface area contributed by atoms with Gasteiger partial charge in [0.2, 0.25) is 11.8 Å². The molecular formula is C21H21N3O2. The minimum atomic E-state index is 0.0656. The molecule has 0 N–H and O–H groups in total. The van der Waals surface area contributed by atoms with Crippen LogP contribution in [0.15, 0.2) is 60.8 Å². The van der Waals surface area contributed by atoms with Gasteiger partial charge in [0.05, 0.1) is 12.6 Å². The molecule has 3 aromatic rings. The van der Waals surface area contributed by atoms with Crippen LogP contribution in [0.2, 0.25) is 0 Å². The number of carbonyl (C=O) groups is 1. The fourth-order valence-electron chi connectivity index (χ4n) is 3.35. The van der Waals surface area contributed by atoms with Crippen LogP contribution in [0.1, 0.15) is 18.4 Å². The second-order valence-electron chi connectivity index (χ2n) is 6.60. The molecule has 0 unspecified atom stereocenters. The summed E-state index contributed by atoms with van der Waals surface area (Å²) < 4.78 is 6.10. The number of fused-ring (bicyclic) bond motifs is 1. The molecule has 0 atom stereocenters. The highest BCUT2D eigenvalue weighted by Crippen LogP contribution is 2.25. The fourth-order valence-corrected chi connectivity index (χ4v) is 3.35. The van der Waals surface area contributed by atoms with Crippen LogP contribution in [0.3, 0.4) is 0 Å². The molecule has 0 saturated carbocycles. The van der Waals surface area contributed by atoms with Crippen molar-refractivity contribution >= 4 is 16.7 Å². The second kappa shape index (κ2) is 7.52. The smallest absolute Gasteiger partial charge is 0.241 e. The Hall–Kier alpha value is -2.95. The van der Waals surface area contributed by atoms with Gasteiger partial charge in [0.15, 0.2) is 0 Å². The van der Waals surface area contributed by atoms with Crippen molar-refractivity contribution in [2.75, 3.05) is 13.1 Å². The average molecular weight is 347 g/mol. The first kappa shape index (κ1) is 16.5. The number of rotatable bonds is 4. The van der Waals surface area contributed by atoms with Crippen molar-refractivity contribution in [2.24, 2.45) is 0 Å². The van der Waals surface area contributed by atoms with Crippen molar-refractivity contribution in [3.8, 4) is 5.88 Å². The van der Waals surface area contributed by atoms with Gasteiger partial charge in [-0.2, -0.15) is 5.10 Å². The molecule has 5 nitrogen and oxygen atoms in total. The maximum absolute atomic E-state index is 12.5. The lowest BCUT2D eigenvalue weighted by Crippen LogP contribution is -2.42. The highest BCUT2D eigenvalue weighted by Gasteiger charge is 2.24. The van der Waals surface area contributed by atoms with Gasteiger partial charge in [0.25, 0.3) is 0 Å². The summed E-state index contributed by atoms with van der Waals surface area (Å²) in [6, 6.07) is 17.8. The van der Waals surface area contributed by atoms with E-state index in [4.69, 9.17) is 4.74 Å². The van der Waals surface area contributed by atoms with Crippen LogP contribution in [0, 0.1) is 0 Å². The van der Waals surface area contributed by atoms with E-state index in [1.165, 1.54) is 0 Å². The predicted octanol–water partition coefficient (Wildman–Crippen LogP) is 3.24. The third kappa shape index (κ3) is 3.67. The molecule has 5 heteroatoms. The topological polar surface area (TPSA) is 55.3 Å². The van der Waals surface area contributed by atoms with Gasteiger partial charge in [0, 0.05) is 36.7 Å². The van der Waals surface area contributed by atoms with Gasteiger partial charge in [-0.3, -0.25) is 4.79 Å². The standard InChI is InChI=1S/C21H21N3O2/c25-20(14-16-6-2-1-3-7-16)24-12-10-18(11-13-24)26-21-19-9-5-4-8-17(19)15-22-23-21/h1-9,15,18H,10-14H2. The lowest BCUT2D eigenvalue weighted by atomic mass is 10.1. The molecule has 1 aromatic heterocycles. The Morgan fingerprint density at radius 3 is 2.58 bits per heavy atom. The van der Waals surface area contributed by atoms with E-state index in [0.717, 1.165) is 29.2 Å². The molecule has 26 heavy (non-hydrogen) atoms. The molecule has 0 spiro atoms. The largest absolute Gasteiger partial charge is 0.473 e. The average Bonchev–Trinajstić information content (AvgIpc) is 2.70. The lowest BCUT2D eigenvalue weighted by Gasteiger charge is -2.32. The number of hydrogen-bond acceptors (Lipinski definition) is 4. The highest BCUT2D eigenvalue weighted by atomic mass is 16.5. The molecule has 132 valence electrons. The minimum absolute atomic E-state index is 0.0656. The number of benzene rings is 2. The third-order valence-electron chi connectivity index (χ3n) is 4.81. The van der Waals surface area contributed by atoms with Crippen molar-refractivity contribution in [1.29, 1.82) is 0 Å². The molecule has 1 aliphatic heterocycles. The maximum Gasteiger partial charge on any atom is 0.241 e. The van der Waals surface area contributed by atoms with E-state index in [9.17, 15) is 4.79 Å². The van der Waals surface area contributed by atoms with Gasteiger partial charge < -0.3 is 9.64 Å². The maximum atomic E-state index is 12.5. The van der Waals surface area contributed by atoms with Crippen molar-refractivity contribution in [1.82, 2.24) is 15.1 Å². The summed E-state index contributed by atoms with van der Waals surface area (Å²) in [5.74, 6) is 0.761. The molecule has 0 bridgehead atoms. The first-order chi connectivity index (χ1) is 12.8. The van der Waals surface area contributed by atoms with Gasteiger partial charge in [-0.05, 0) is 11.6 Å². The van der Waals surface area contributed by atoms with Crippen LogP contribution in [0.25, 0.3) is 10.8 Å². The third-order valence-corrected chi connectivity index (χ3v) is 4.81. The minimum Gasteiger partial charge on any atom is -0.473 e. The van der Waals surface area contributed by atoms with E-state index in [2.05, 4.69) is 10.2 Å². The van der Waals surface area contributed by atoms with Crippen LogP contribution < -0.4 is 4.74 Å². The van der Waals surface area contributed by atoms with Crippen LogP contribution in [0.4, 0.5) is 0 Å². The predicted molar refractivity (Wildman–Crippen MR) is 99.9 cm³/mol. The Labute approximate surface area is 152 Å². The first-order valence-corrected chi connectivity index (χ1v) is 8.98. The van der Waals surface area contributed by atoms with Crippen LogP contribution in [-0.2, 0) is 11.2 Å². The number of carbonyl (C=O) groups excluding carboxylic acids is 1. The number of likely N-dealkylation sites (tertiary alicyclic amines) is 1. The monoisotopic (exact) mass is 347 g/mol. The lowest BCUT2D eigenvalue weighted by molar-refractivity contribution is -0.132. The van der Waals surface area contributed by atoms with Gasteiger partial charge in [0.1, 0.15) is 6.10 Å². The summed E-state index contributed by atoms with van der Waals surface area (Å²) in [6.45, 7) is 1.43. The quantitative estimate of drug-likeness (QED) is 0.727. The van der Waals surface area contributed by atoms with Gasteiger partial charge >= 0.3 is 0 Å². The Bertz CT molecular complexity index is 885. The Morgan fingerprint density at radius 2 is 1.77 bits per heavy atom. The number of nitrogens with zero attached hydrogens (tertiary/aromatic N) is 3. The molecular weight excluding hydrogens is 326 g/mol. The second-order valence-corrected chi connectivity index (χ2v) is 6.60. The van der Waals surface area contributed by atoms with Gasteiger partial charge in [-0.1, -0.05) is 48.5 Å². The number of hydrogen-bond donors (Lipinski definition) is 0. The first-order valence-electron chi connectivity index (χ1n) is 8.98. The Balaban J connectivity index is 1.35. The summed E-state index contributed by atoms with van der Waals surface area (Å²) in [5.41, 5.74) is 1.06. The van der Waals surface area contributed by atoms with E-state index in [1.54, 1.807) is 6.20 Å². The normalized spacial score (nSPS) is 15.2.